The van der Waals surface area contributed by atoms with Crippen LogP contribution in [0.5, 0.6) is 0 Å². The van der Waals surface area contributed by atoms with Gasteiger partial charge in [-0.1, -0.05) is 48.5 Å². The molecule has 0 aliphatic heterocycles. The molecule has 0 spiro atoms. The normalized spacial score (nSPS) is 9.83. The largest absolute Gasteiger partial charge is 0.459 e. The van der Waals surface area contributed by atoms with Crippen LogP contribution in [0.4, 0.5) is 0 Å². The van der Waals surface area contributed by atoms with Crippen molar-refractivity contribution in [3.8, 4) is 11.1 Å². The van der Waals surface area contributed by atoms with Crippen LogP contribution in [0.2, 0.25) is 0 Å². The smallest absolute Gasteiger partial charge is 0.293 e. The Morgan fingerprint density at radius 3 is 1.29 bits per heavy atom. The van der Waals surface area contributed by atoms with Gasteiger partial charge in [-0.3, -0.25) is 19.2 Å². The number of rotatable bonds is 9. The monoisotopic (exact) mass is 326 g/mol. The Morgan fingerprint density at radius 1 is 0.667 bits per heavy atom. The first-order valence-corrected chi connectivity index (χ1v) is 7.03. The molecule has 0 radical (unpaired) electrons. The molecule has 0 unspecified atom stereocenters. The predicted octanol–water partition coefficient (Wildman–Crippen LogP) is 2.06. The van der Waals surface area contributed by atoms with E-state index in [2.05, 4.69) is 9.47 Å². The molecular formula is C18H14O6. The third-order valence-corrected chi connectivity index (χ3v) is 3.31. The van der Waals surface area contributed by atoms with Crippen molar-refractivity contribution < 1.29 is 28.7 Å². The van der Waals surface area contributed by atoms with Crippen LogP contribution in [0.25, 0.3) is 11.1 Å². The lowest BCUT2D eigenvalue weighted by Gasteiger charge is -2.05. The Labute approximate surface area is 138 Å². The van der Waals surface area contributed by atoms with E-state index in [-0.39, 0.29) is 37.7 Å². The van der Waals surface area contributed by atoms with Gasteiger partial charge in [0.25, 0.3) is 12.9 Å². The van der Waals surface area contributed by atoms with Crippen LogP contribution in [0.3, 0.4) is 0 Å². The van der Waals surface area contributed by atoms with Crippen molar-refractivity contribution in [3.05, 3.63) is 59.7 Å². The fourth-order valence-corrected chi connectivity index (χ4v) is 2.08. The molecule has 0 aliphatic carbocycles. The molecule has 6 nitrogen and oxygen atoms in total. The van der Waals surface area contributed by atoms with Crippen LogP contribution in [0, 0.1) is 0 Å². The summed E-state index contributed by atoms with van der Waals surface area (Å²) in [7, 11) is 0. The van der Waals surface area contributed by atoms with Crippen LogP contribution < -0.4 is 0 Å². The highest BCUT2D eigenvalue weighted by Crippen LogP contribution is 2.21. The molecule has 0 atom stereocenters. The molecule has 0 aromatic heterocycles. The molecule has 24 heavy (non-hydrogen) atoms. The van der Waals surface area contributed by atoms with E-state index >= 15 is 0 Å². The number of benzene rings is 2. The molecule has 0 fully saturated rings. The van der Waals surface area contributed by atoms with Gasteiger partial charge in [0.1, 0.15) is 0 Å². The molecule has 0 heterocycles. The van der Waals surface area contributed by atoms with Crippen LogP contribution in [0.15, 0.2) is 48.5 Å². The summed E-state index contributed by atoms with van der Waals surface area (Å²) in [6.07, 6.45) is 0. The number of carbonyl (C=O) groups is 4. The van der Waals surface area contributed by atoms with E-state index in [9.17, 15) is 19.2 Å². The Hall–Kier alpha value is -3.28. The summed E-state index contributed by atoms with van der Waals surface area (Å²) in [5.74, 6) is -0.574. The zero-order valence-corrected chi connectivity index (χ0v) is 12.6. The van der Waals surface area contributed by atoms with E-state index in [4.69, 9.17) is 0 Å². The van der Waals surface area contributed by atoms with Gasteiger partial charge in [0.2, 0.25) is 0 Å². The second-order valence-electron chi connectivity index (χ2n) is 4.82. The van der Waals surface area contributed by atoms with E-state index < -0.39 is 0 Å². The number of hydrogen-bond donors (Lipinski definition) is 0. The second kappa shape index (κ2) is 8.38. The molecule has 2 aromatic carbocycles. The Bertz CT molecular complexity index is 666. The van der Waals surface area contributed by atoms with Crippen LogP contribution in [0.1, 0.15) is 20.7 Å². The summed E-state index contributed by atoms with van der Waals surface area (Å²) in [6, 6.07) is 13.6. The Kier molecular flexibility index (Phi) is 5.96. The minimum absolute atomic E-state index is 0.231. The van der Waals surface area contributed by atoms with Crippen molar-refractivity contribution in [1.29, 1.82) is 0 Å². The van der Waals surface area contributed by atoms with E-state index in [1.54, 1.807) is 48.5 Å². The topological polar surface area (TPSA) is 86.7 Å². The van der Waals surface area contributed by atoms with Crippen molar-refractivity contribution in [1.82, 2.24) is 0 Å². The highest BCUT2D eigenvalue weighted by Gasteiger charge is 2.08. The SMILES string of the molecule is O=COCC(=O)c1ccc(-c2ccc(C(=O)COC=O)cc2)cc1. The lowest BCUT2D eigenvalue weighted by atomic mass is 10.0. The molecule has 2 aromatic rings. The highest BCUT2D eigenvalue weighted by atomic mass is 16.5. The fraction of sp³-hybridized carbons (Fsp3) is 0.111. The van der Waals surface area contributed by atoms with Crippen molar-refractivity contribution in [3.63, 3.8) is 0 Å². The summed E-state index contributed by atoms with van der Waals surface area (Å²) < 4.78 is 8.87. The molecular weight excluding hydrogens is 312 g/mol. The van der Waals surface area contributed by atoms with Gasteiger partial charge in [0.05, 0.1) is 0 Å². The number of Topliss-reactive ketones (excluding diaryl/α,β-unsaturated/α-hetero) is 2. The van der Waals surface area contributed by atoms with Crippen molar-refractivity contribution in [2.24, 2.45) is 0 Å². The predicted molar refractivity (Wildman–Crippen MR) is 84.6 cm³/mol. The average Bonchev–Trinajstić information content (AvgIpc) is 2.64. The molecule has 6 heteroatoms. The van der Waals surface area contributed by atoms with Gasteiger partial charge in [-0.15, -0.1) is 0 Å². The minimum atomic E-state index is -0.289. The first kappa shape index (κ1) is 17.1. The second-order valence-corrected chi connectivity index (χ2v) is 4.82. The molecule has 0 N–H and O–H groups in total. The summed E-state index contributed by atoms with van der Waals surface area (Å²) in [5.41, 5.74) is 2.62. The van der Waals surface area contributed by atoms with E-state index in [0.29, 0.717) is 11.1 Å². The molecule has 0 amide bonds. The lowest BCUT2D eigenvalue weighted by molar-refractivity contribution is -0.128. The standard InChI is InChI=1S/C18H14O6/c19-11-23-9-17(21)15-5-1-13(2-6-15)14-3-7-16(8-4-14)18(22)10-24-12-20/h1-8,11-12H,9-10H2. The zero-order chi connectivity index (χ0) is 17.4. The van der Waals surface area contributed by atoms with Crippen LogP contribution in [-0.4, -0.2) is 37.7 Å². The van der Waals surface area contributed by atoms with Gasteiger partial charge >= 0.3 is 0 Å². The Balaban J connectivity index is 2.09. The Morgan fingerprint density at radius 2 is 1.00 bits per heavy atom. The van der Waals surface area contributed by atoms with Gasteiger partial charge in [-0.05, 0) is 11.1 Å². The first-order chi connectivity index (χ1) is 11.7. The van der Waals surface area contributed by atoms with Crippen LogP contribution >= 0.6 is 0 Å². The summed E-state index contributed by atoms with van der Waals surface area (Å²) >= 11 is 0. The van der Waals surface area contributed by atoms with Gasteiger partial charge in [0.15, 0.2) is 24.8 Å². The maximum absolute atomic E-state index is 11.7. The maximum Gasteiger partial charge on any atom is 0.293 e. The van der Waals surface area contributed by atoms with Crippen molar-refractivity contribution in [2.75, 3.05) is 13.2 Å². The lowest BCUT2D eigenvalue weighted by Crippen LogP contribution is -2.08. The number of ether oxygens (including phenoxy) is 2. The quantitative estimate of drug-likeness (QED) is 0.518. The fourth-order valence-electron chi connectivity index (χ4n) is 2.08. The molecule has 0 saturated heterocycles. The minimum Gasteiger partial charge on any atom is -0.459 e. The molecule has 122 valence electrons. The van der Waals surface area contributed by atoms with Crippen LogP contribution in [-0.2, 0) is 19.1 Å². The molecule has 0 saturated carbocycles. The summed E-state index contributed by atoms with van der Waals surface area (Å²) in [5, 5.41) is 0. The number of hydrogen-bond acceptors (Lipinski definition) is 6. The highest BCUT2D eigenvalue weighted by molar-refractivity contribution is 5.98. The third-order valence-electron chi connectivity index (χ3n) is 3.31. The molecule has 2 rings (SSSR count). The average molecular weight is 326 g/mol. The summed E-state index contributed by atoms with van der Waals surface area (Å²) in [4.78, 5) is 43.6. The van der Waals surface area contributed by atoms with Gasteiger partial charge < -0.3 is 9.47 Å². The molecule has 0 bridgehead atoms. The third kappa shape index (κ3) is 4.36. The first-order valence-electron chi connectivity index (χ1n) is 7.03. The van der Waals surface area contributed by atoms with Crippen molar-refractivity contribution >= 4 is 24.5 Å². The maximum atomic E-state index is 11.7. The van der Waals surface area contributed by atoms with E-state index in [1.165, 1.54) is 0 Å². The van der Waals surface area contributed by atoms with Gasteiger partial charge in [0, 0.05) is 11.1 Å². The van der Waals surface area contributed by atoms with E-state index in [0.717, 1.165) is 11.1 Å². The zero-order valence-electron chi connectivity index (χ0n) is 12.6. The van der Waals surface area contributed by atoms with E-state index in [1.807, 2.05) is 0 Å². The van der Waals surface area contributed by atoms with Crippen molar-refractivity contribution in [2.45, 2.75) is 0 Å². The molecule has 0 aliphatic rings. The van der Waals surface area contributed by atoms with Gasteiger partial charge in [-0.25, -0.2) is 0 Å². The number of carbonyl (C=O) groups excluding carboxylic acids is 4. The van der Waals surface area contributed by atoms with Gasteiger partial charge in [-0.2, -0.15) is 0 Å². The number of ketones is 2. The summed E-state index contributed by atoms with van der Waals surface area (Å²) in [6.45, 7) is -0.116.